The van der Waals surface area contributed by atoms with E-state index in [0.29, 0.717) is 46.5 Å². The molecule has 1 aliphatic heterocycles. The zero-order chi connectivity index (χ0) is 27.7. The first kappa shape index (κ1) is 26.2. The van der Waals surface area contributed by atoms with Gasteiger partial charge in [-0.15, -0.1) is 0 Å². The van der Waals surface area contributed by atoms with Crippen LogP contribution >= 0.6 is 11.6 Å². The molecule has 1 fully saturated rings. The van der Waals surface area contributed by atoms with Crippen LogP contribution in [0.5, 0.6) is 0 Å². The maximum Gasteiger partial charge on any atom is 0.268 e. The molecule has 1 amide bonds. The van der Waals surface area contributed by atoms with Crippen LogP contribution in [0.4, 0.5) is 10.1 Å². The molecule has 39 heavy (non-hydrogen) atoms. The summed E-state index contributed by atoms with van der Waals surface area (Å²) in [5.41, 5.74) is 15.1. The Balaban J connectivity index is 1.73. The van der Waals surface area contributed by atoms with Gasteiger partial charge >= 0.3 is 0 Å². The molecule has 3 heterocycles. The number of aromatic nitrogens is 3. The first-order chi connectivity index (χ1) is 18.8. The molecule has 0 aliphatic carbocycles. The zero-order valence-electron chi connectivity index (χ0n) is 20.6. The summed E-state index contributed by atoms with van der Waals surface area (Å²) in [5, 5.41) is 19.8. The monoisotopic (exact) mass is 543 g/mol. The number of amides is 1. The lowest BCUT2D eigenvalue weighted by Gasteiger charge is -2.28. The van der Waals surface area contributed by atoms with Crippen LogP contribution in [0.1, 0.15) is 22.5 Å². The largest absolute Gasteiger partial charge is 0.394 e. The predicted octanol–water partition coefficient (Wildman–Crippen LogP) is 3.53. The summed E-state index contributed by atoms with van der Waals surface area (Å²) < 4.78 is 14.6. The van der Waals surface area contributed by atoms with E-state index < -0.39 is 11.7 Å². The molecule has 2 atom stereocenters. The number of aliphatic hydroxyl groups excluding tert-OH is 1. The number of hydrogen-bond acceptors (Lipinski definition) is 8. The summed E-state index contributed by atoms with van der Waals surface area (Å²) in [4.78, 5) is 27.4. The number of benzene rings is 2. The van der Waals surface area contributed by atoms with Crippen LogP contribution in [0, 0.1) is 17.1 Å². The highest BCUT2D eigenvalue weighted by Crippen LogP contribution is 2.40. The number of anilines is 1. The number of nitrogens with zero attached hydrogens (tertiary/aromatic N) is 5. The highest BCUT2D eigenvalue weighted by Gasteiger charge is 2.32. The van der Waals surface area contributed by atoms with Gasteiger partial charge in [-0.05, 0) is 36.2 Å². The minimum absolute atomic E-state index is 0.0461. The second-order valence-corrected chi connectivity index (χ2v) is 9.57. The number of nitrogens with two attached hydrogens (primary N) is 2. The van der Waals surface area contributed by atoms with Crippen molar-refractivity contribution in [2.75, 3.05) is 18.1 Å². The van der Waals surface area contributed by atoms with Crippen LogP contribution in [0.2, 0.25) is 5.02 Å². The van der Waals surface area contributed by atoms with E-state index in [1.54, 1.807) is 30.6 Å². The summed E-state index contributed by atoms with van der Waals surface area (Å²) >= 11 is 6.20. The van der Waals surface area contributed by atoms with Crippen LogP contribution in [0.3, 0.4) is 0 Å². The van der Waals surface area contributed by atoms with Crippen molar-refractivity contribution >= 4 is 23.2 Å². The van der Waals surface area contributed by atoms with Gasteiger partial charge in [0.15, 0.2) is 5.82 Å². The minimum atomic E-state index is -0.841. The average molecular weight is 544 g/mol. The third kappa shape index (κ3) is 4.91. The Morgan fingerprint density at radius 2 is 2.03 bits per heavy atom. The summed E-state index contributed by atoms with van der Waals surface area (Å²) in [6.45, 7) is 0.299. The Morgan fingerprint density at radius 3 is 2.74 bits per heavy atom. The Morgan fingerprint density at radius 1 is 1.21 bits per heavy atom. The van der Waals surface area contributed by atoms with Crippen molar-refractivity contribution in [1.29, 1.82) is 5.26 Å². The van der Waals surface area contributed by atoms with E-state index >= 15 is 0 Å². The normalized spacial score (nSPS) is 16.7. The van der Waals surface area contributed by atoms with Crippen molar-refractivity contribution in [1.82, 2.24) is 15.0 Å². The Bertz CT molecular complexity index is 1600. The molecule has 196 valence electrons. The van der Waals surface area contributed by atoms with Crippen molar-refractivity contribution in [3.05, 3.63) is 83.2 Å². The van der Waals surface area contributed by atoms with E-state index in [9.17, 15) is 19.6 Å². The molecule has 2 aromatic heterocycles. The Hall–Kier alpha value is -4.43. The Labute approximate surface area is 228 Å². The van der Waals surface area contributed by atoms with E-state index in [1.165, 1.54) is 24.4 Å². The van der Waals surface area contributed by atoms with Gasteiger partial charge in [0.1, 0.15) is 11.5 Å². The molecule has 0 unspecified atom stereocenters. The van der Waals surface area contributed by atoms with Crippen LogP contribution in [0.15, 0.2) is 61.1 Å². The van der Waals surface area contributed by atoms with Gasteiger partial charge in [0.2, 0.25) is 0 Å². The molecular formula is C28H23ClFN7O2. The number of nitriles is 1. The summed E-state index contributed by atoms with van der Waals surface area (Å²) in [6.07, 6.45) is 5.10. The molecule has 4 aromatic rings. The van der Waals surface area contributed by atoms with Crippen LogP contribution in [0.25, 0.3) is 33.6 Å². The number of rotatable bonds is 6. The fourth-order valence-corrected chi connectivity index (χ4v) is 5.15. The number of carbonyl (C=O) groups excluding carboxylic acids is 1. The lowest BCUT2D eigenvalue weighted by Crippen LogP contribution is -2.33. The zero-order valence-corrected chi connectivity index (χ0v) is 21.3. The van der Waals surface area contributed by atoms with E-state index in [1.807, 2.05) is 11.0 Å². The van der Waals surface area contributed by atoms with E-state index in [-0.39, 0.29) is 40.8 Å². The standard InChI is InChI=1S/C28H23ClFN7O2/c29-22-2-1-3-23(30)25(22)28-35-12-21(26(36-28)27(33)39)19-5-4-15(20-11-34-7-6-16(20)10-31)8-24(19)37-13-17(32)9-18(37)14-38/h1-8,11-12,17-18,38H,9,13-14,32H2,(H2,33,39)/t17-,18-/m0/s1. The van der Waals surface area contributed by atoms with Crippen molar-refractivity contribution in [2.24, 2.45) is 11.5 Å². The molecule has 5 rings (SSSR count). The second-order valence-electron chi connectivity index (χ2n) is 9.17. The van der Waals surface area contributed by atoms with Crippen molar-refractivity contribution in [3.63, 3.8) is 0 Å². The molecule has 0 saturated carbocycles. The summed E-state index contributed by atoms with van der Waals surface area (Å²) in [7, 11) is 0. The van der Waals surface area contributed by atoms with Crippen molar-refractivity contribution < 1.29 is 14.3 Å². The molecule has 1 aliphatic rings. The molecule has 0 spiro atoms. The van der Waals surface area contributed by atoms with Gasteiger partial charge in [-0.25, -0.2) is 14.4 Å². The van der Waals surface area contributed by atoms with Gasteiger partial charge in [0, 0.05) is 53.6 Å². The molecular weight excluding hydrogens is 521 g/mol. The first-order valence-corrected chi connectivity index (χ1v) is 12.4. The van der Waals surface area contributed by atoms with Crippen LogP contribution < -0.4 is 16.4 Å². The lowest BCUT2D eigenvalue weighted by molar-refractivity contribution is 0.0996. The van der Waals surface area contributed by atoms with E-state index in [4.69, 9.17) is 23.1 Å². The number of carbonyl (C=O) groups is 1. The SMILES string of the molecule is N#Cc1ccncc1-c1ccc(-c2cnc(-c3c(F)cccc3Cl)nc2C(N)=O)c(N2C[C@@H](N)C[C@H]2CO)c1. The van der Waals surface area contributed by atoms with Gasteiger partial charge in [-0.3, -0.25) is 9.78 Å². The molecule has 0 bridgehead atoms. The first-order valence-electron chi connectivity index (χ1n) is 12.1. The number of primary amides is 1. The highest BCUT2D eigenvalue weighted by atomic mass is 35.5. The van der Waals surface area contributed by atoms with E-state index in [2.05, 4.69) is 21.0 Å². The van der Waals surface area contributed by atoms with Gasteiger partial charge in [-0.2, -0.15) is 5.26 Å². The fraction of sp³-hybridized carbons (Fsp3) is 0.179. The van der Waals surface area contributed by atoms with Gasteiger partial charge in [0.05, 0.1) is 34.9 Å². The van der Waals surface area contributed by atoms with Crippen molar-refractivity contribution in [3.8, 4) is 39.7 Å². The maximum atomic E-state index is 14.6. The number of pyridine rings is 1. The van der Waals surface area contributed by atoms with Gasteiger partial charge in [-0.1, -0.05) is 29.8 Å². The minimum Gasteiger partial charge on any atom is -0.394 e. The highest BCUT2D eigenvalue weighted by molar-refractivity contribution is 6.33. The van der Waals surface area contributed by atoms with Gasteiger partial charge < -0.3 is 21.5 Å². The molecule has 2 aromatic carbocycles. The quantitative estimate of drug-likeness (QED) is 0.333. The number of halogens is 2. The molecule has 5 N–H and O–H groups in total. The predicted molar refractivity (Wildman–Crippen MR) is 145 cm³/mol. The topological polar surface area (TPSA) is 155 Å². The van der Waals surface area contributed by atoms with Crippen LogP contribution in [-0.2, 0) is 0 Å². The van der Waals surface area contributed by atoms with E-state index in [0.717, 1.165) is 0 Å². The van der Waals surface area contributed by atoms with Gasteiger partial charge in [0.25, 0.3) is 5.91 Å². The third-order valence-corrected chi connectivity index (χ3v) is 7.03. The summed E-state index contributed by atoms with van der Waals surface area (Å²) in [6, 6.07) is 12.9. The third-order valence-electron chi connectivity index (χ3n) is 6.72. The molecule has 1 saturated heterocycles. The second kappa shape index (κ2) is 10.7. The number of hydrogen-bond donors (Lipinski definition) is 3. The fourth-order valence-electron chi connectivity index (χ4n) is 4.91. The van der Waals surface area contributed by atoms with Crippen molar-refractivity contribution in [2.45, 2.75) is 18.5 Å². The lowest BCUT2D eigenvalue weighted by atomic mass is 9.95. The maximum absolute atomic E-state index is 14.6. The average Bonchev–Trinajstić information content (AvgIpc) is 3.33. The van der Waals surface area contributed by atoms with Crippen LogP contribution in [-0.4, -0.2) is 51.2 Å². The molecule has 9 nitrogen and oxygen atoms in total. The summed E-state index contributed by atoms with van der Waals surface area (Å²) in [5.74, 6) is -1.57. The Kier molecular flexibility index (Phi) is 7.21. The molecule has 0 radical (unpaired) electrons. The smallest absolute Gasteiger partial charge is 0.268 e. The number of aliphatic hydroxyl groups is 1. The molecule has 11 heteroatoms.